The van der Waals surface area contributed by atoms with Crippen molar-refractivity contribution in [1.82, 2.24) is 0 Å². The number of rotatable bonds is 2. The lowest BCUT2D eigenvalue weighted by Crippen LogP contribution is -2.34. The molecule has 1 N–H and O–H groups in total. The monoisotopic (exact) mass is 294 g/mol. The second kappa shape index (κ2) is 5.28. The Morgan fingerprint density at radius 1 is 1.18 bits per heavy atom. The molecule has 0 amide bonds. The number of fused-ring (bicyclic) bond motifs is 1. The largest absolute Gasteiger partial charge is 0.478 e. The lowest BCUT2D eigenvalue weighted by Gasteiger charge is -2.38. The molecule has 0 aromatic heterocycles. The maximum absolute atomic E-state index is 11.8. The highest BCUT2D eigenvalue weighted by atomic mass is 16.4. The molecule has 0 saturated carbocycles. The topological polar surface area (TPSA) is 37.3 Å². The molecule has 2 heteroatoms. The number of hydrogen-bond donors (Lipinski definition) is 1. The van der Waals surface area contributed by atoms with E-state index in [9.17, 15) is 9.90 Å². The molecule has 22 heavy (non-hydrogen) atoms. The van der Waals surface area contributed by atoms with Crippen LogP contribution in [0.25, 0.3) is 10.8 Å². The van der Waals surface area contributed by atoms with Gasteiger partial charge in [-0.3, -0.25) is 0 Å². The molecule has 114 valence electrons. The second-order valence-corrected chi connectivity index (χ2v) is 6.78. The SMILES string of the molecule is Cc1ccc(C2(C)CC(C)CC=C2C(=O)O)c2ccccc12. The summed E-state index contributed by atoms with van der Waals surface area (Å²) in [5.74, 6) is -0.299. The lowest BCUT2D eigenvalue weighted by atomic mass is 9.65. The zero-order valence-electron chi connectivity index (χ0n) is 13.4. The Bertz CT molecular complexity index is 772. The Morgan fingerprint density at radius 3 is 2.55 bits per heavy atom. The molecule has 0 heterocycles. The number of benzene rings is 2. The van der Waals surface area contributed by atoms with Crippen molar-refractivity contribution in [2.75, 3.05) is 0 Å². The van der Waals surface area contributed by atoms with Crippen molar-refractivity contribution in [2.45, 2.75) is 39.0 Å². The predicted molar refractivity (Wildman–Crippen MR) is 90.2 cm³/mol. The van der Waals surface area contributed by atoms with Crippen LogP contribution in [0.3, 0.4) is 0 Å². The lowest BCUT2D eigenvalue weighted by molar-refractivity contribution is -0.133. The van der Waals surface area contributed by atoms with E-state index in [2.05, 4.69) is 45.0 Å². The quantitative estimate of drug-likeness (QED) is 0.860. The number of carboxylic acid groups (broad SMARTS) is 1. The van der Waals surface area contributed by atoms with Crippen LogP contribution in [0.5, 0.6) is 0 Å². The molecular formula is C20H22O2. The van der Waals surface area contributed by atoms with Crippen LogP contribution in [0.2, 0.25) is 0 Å². The molecule has 0 aliphatic heterocycles. The molecule has 0 fully saturated rings. The van der Waals surface area contributed by atoms with E-state index in [0.717, 1.165) is 18.4 Å². The van der Waals surface area contributed by atoms with Gasteiger partial charge in [-0.05, 0) is 47.6 Å². The molecule has 0 spiro atoms. The fourth-order valence-electron chi connectivity index (χ4n) is 3.94. The Morgan fingerprint density at radius 2 is 1.86 bits per heavy atom. The fourth-order valence-corrected chi connectivity index (χ4v) is 3.94. The van der Waals surface area contributed by atoms with Crippen LogP contribution in [0.15, 0.2) is 48.0 Å². The summed E-state index contributed by atoms with van der Waals surface area (Å²) in [6.45, 7) is 6.38. The number of aryl methyl sites for hydroxylation is 1. The Hall–Kier alpha value is -2.09. The van der Waals surface area contributed by atoms with Crippen molar-refractivity contribution in [2.24, 2.45) is 5.92 Å². The van der Waals surface area contributed by atoms with E-state index < -0.39 is 11.4 Å². The normalized spacial score (nSPS) is 25.0. The zero-order chi connectivity index (χ0) is 15.9. The first kappa shape index (κ1) is 14.8. The van der Waals surface area contributed by atoms with Crippen LogP contribution in [0.1, 0.15) is 37.8 Å². The van der Waals surface area contributed by atoms with Crippen molar-refractivity contribution in [1.29, 1.82) is 0 Å². The second-order valence-electron chi connectivity index (χ2n) is 6.78. The van der Waals surface area contributed by atoms with Crippen molar-refractivity contribution >= 4 is 16.7 Å². The van der Waals surface area contributed by atoms with Gasteiger partial charge < -0.3 is 5.11 Å². The van der Waals surface area contributed by atoms with Gasteiger partial charge in [0.25, 0.3) is 0 Å². The number of carboxylic acids is 1. The van der Waals surface area contributed by atoms with Gasteiger partial charge in [-0.25, -0.2) is 4.79 Å². The van der Waals surface area contributed by atoms with E-state index in [4.69, 9.17) is 0 Å². The van der Waals surface area contributed by atoms with E-state index in [1.807, 2.05) is 18.2 Å². The average Bonchev–Trinajstić information content (AvgIpc) is 2.47. The van der Waals surface area contributed by atoms with E-state index in [0.29, 0.717) is 11.5 Å². The molecule has 2 atom stereocenters. The van der Waals surface area contributed by atoms with E-state index in [-0.39, 0.29) is 0 Å². The smallest absolute Gasteiger partial charge is 0.332 e. The van der Waals surface area contributed by atoms with Crippen LogP contribution < -0.4 is 0 Å². The number of carbonyl (C=O) groups is 1. The van der Waals surface area contributed by atoms with Gasteiger partial charge in [-0.1, -0.05) is 56.3 Å². The number of allylic oxidation sites excluding steroid dienone is 1. The summed E-state index contributed by atoms with van der Waals surface area (Å²) in [5.41, 5.74) is 2.47. The standard InChI is InChI=1S/C20H22O2/c1-13-8-10-18(19(21)22)20(3,12-13)17-11-9-14(2)15-6-4-5-7-16(15)17/h4-7,9-11,13H,8,12H2,1-3H3,(H,21,22). The van der Waals surface area contributed by atoms with Crippen LogP contribution in [0, 0.1) is 12.8 Å². The van der Waals surface area contributed by atoms with E-state index in [1.54, 1.807) is 0 Å². The summed E-state index contributed by atoms with van der Waals surface area (Å²) in [6.07, 6.45) is 3.64. The molecular weight excluding hydrogens is 272 g/mol. The molecule has 0 saturated heterocycles. The van der Waals surface area contributed by atoms with Gasteiger partial charge in [0.1, 0.15) is 0 Å². The Balaban J connectivity index is 2.29. The third kappa shape index (κ3) is 2.23. The summed E-state index contributed by atoms with van der Waals surface area (Å²) in [4.78, 5) is 11.8. The molecule has 2 nitrogen and oxygen atoms in total. The van der Waals surface area contributed by atoms with Crippen LogP contribution >= 0.6 is 0 Å². The van der Waals surface area contributed by atoms with Crippen molar-refractivity contribution in [3.63, 3.8) is 0 Å². The van der Waals surface area contributed by atoms with Gasteiger partial charge in [0, 0.05) is 11.0 Å². The Labute approximate surface area is 131 Å². The maximum atomic E-state index is 11.8. The summed E-state index contributed by atoms with van der Waals surface area (Å²) >= 11 is 0. The predicted octanol–water partition coefficient (Wildman–Crippen LogP) is 4.85. The summed E-state index contributed by atoms with van der Waals surface area (Å²) < 4.78 is 0. The number of aliphatic carboxylic acids is 1. The highest BCUT2D eigenvalue weighted by molar-refractivity contribution is 5.95. The zero-order valence-corrected chi connectivity index (χ0v) is 13.4. The summed E-state index contributed by atoms with van der Waals surface area (Å²) in [7, 11) is 0. The van der Waals surface area contributed by atoms with Crippen LogP contribution in [-0.4, -0.2) is 11.1 Å². The molecule has 0 bridgehead atoms. The van der Waals surface area contributed by atoms with Gasteiger partial charge in [-0.15, -0.1) is 0 Å². The molecule has 1 aliphatic rings. The van der Waals surface area contributed by atoms with E-state index >= 15 is 0 Å². The van der Waals surface area contributed by atoms with Crippen molar-refractivity contribution < 1.29 is 9.90 Å². The van der Waals surface area contributed by atoms with Gasteiger partial charge in [0.15, 0.2) is 0 Å². The van der Waals surface area contributed by atoms with Gasteiger partial charge in [0.2, 0.25) is 0 Å². The molecule has 2 unspecified atom stereocenters. The van der Waals surface area contributed by atoms with Gasteiger partial charge in [0.05, 0.1) is 0 Å². The van der Waals surface area contributed by atoms with Crippen molar-refractivity contribution in [3.05, 3.63) is 59.2 Å². The fraction of sp³-hybridized carbons (Fsp3) is 0.350. The minimum atomic E-state index is -0.793. The molecule has 2 aromatic rings. The first-order chi connectivity index (χ1) is 10.4. The van der Waals surface area contributed by atoms with Crippen LogP contribution in [-0.2, 0) is 10.2 Å². The average molecular weight is 294 g/mol. The molecule has 3 rings (SSSR count). The Kier molecular flexibility index (Phi) is 3.56. The maximum Gasteiger partial charge on any atom is 0.332 e. The first-order valence-electron chi connectivity index (χ1n) is 7.86. The number of hydrogen-bond acceptors (Lipinski definition) is 1. The van der Waals surface area contributed by atoms with Gasteiger partial charge >= 0.3 is 5.97 Å². The van der Waals surface area contributed by atoms with E-state index in [1.165, 1.54) is 16.3 Å². The first-order valence-corrected chi connectivity index (χ1v) is 7.86. The minimum Gasteiger partial charge on any atom is -0.478 e. The highest BCUT2D eigenvalue weighted by Gasteiger charge is 2.39. The summed E-state index contributed by atoms with van der Waals surface area (Å²) in [5, 5.41) is 12.1. The van der Waals surface area contributed by atoms with Crippen molar-refractivity contribution in [3.8, 4) is 0 Å². The van der Waals surface area contributed by atoms with Crippen LogP contribution in [0.4, 0.5) is 0 Å². The highest BCUT2D eigenvalue weighted by Crippen LogP contribution is 2.45. The molecule has 2 aromatic carbocycles. The minimum absolute atomic E-state index is 0.434. The third-order valence-electron chi connectivity index (χ3n) is 5.04. The molecule has 1 aliphatic carbocycles. The third-order valence-corrected chi connectivity index (χ3v) is 5.04. The molecule has 0 radical (unpaired) electrons. The summed E-state index contributed by atoms with van der Waals surface area (Å²) in [6, 6.07) is 12.5. The van der Waals surface area contributed by atoms with Gasteiger partial charge in [-0.2, -0.15) is 0 Å².